The van der Waals surface area contributed by atoms with Gasteiger partial charge in [-0.3, -0.25) is 0 Å². The van der Waals surface area contributed by atoms with Crippen molar-refractivity contribution >= 4 is 10.0 Å². The first-order valence-electron chi connectivity index (χ1n) is 10.0. The van der Waals surface area contributed by atoms with E-state index in [0.29, 0.717) is 6.61 Å². The standard InChI is InChI=1S/C20H41NO4S/c1-5-19(6-2,17-22)13-9-11-15-25-16-12-10-14-20(7-3,8-4)18-26(21,23)24/h7,22H,3,5-6,8-18H2,1-2,4H3,(H2,21,23,24). The van der Waals surface area contributed by atoms with Crippen LogP contribution >= 0.6 is 0 Å². The van der Waals surface area contributed by atoms with E-state index in [0.717, 1.165) is 64.4 Å². The van der Waals surface area contributed by atoms with Crippen molar-refractivity contribution in [2.75, 3.05) is 25.6 Å². The van der Waals surface area contributed by atoms with Gasteiger partial charge in [-0.05, 0) is 50.4 Å². The second-order valence-electron chi connectivity index (χ2n) is 7.62. The summed E-state index contributed by atoms with van der Waals surface area (Å²) in [5.74, 6) is -0.0394. The van der Waals surface area contributed by atoms with Crippen molar-refractivity contribution in [2.24, 2.45) is 16.0 Å². The highest BCUT2D eigenvalue weighted by atomic mass is 32.2. The van der Waals surface area contributed by atoms with Crippen LogP contribution < -0.4 is 5.14 Å². The van der Waals surface area contributed by atoms with Crippen LogP contribution in [0.5, 0.6) is 0 Å². The number of sulfonamides is 1. The fourth-order valence-electron chi connectivity index (χ4n) is 3.45. The first kappa shape index (κ1) is 25.6. The summed E-state index contributed by atoms with van der Waals surface area (Å²) in [6.07, 6.45) is 10.2. The van der Waals surface area contributed by atoms with E-state index in [1.165, 1.54) is 0 Å². The van der Waals surface area contributed by atoms with Gasteiger partial charge >= 0.3 is 0 Å². The van der Waals surface area contributed by atoms with Crippen LogP contribution in [0.15, 0.2) is 12.7 Å². The molecule has 0 aromatic heterocycles. The predicted octanol–water partition coefficient (Wildman–Crippen LogP) is 4.01. The van der Waals surface area contributed by atoms with Gasteiger partial charge in [0.1, 0.15) is 0 Å². The molecule has 0 radical (unpaired) electrons. The lowest BCUT2D eigenvalue weighted by Gasteiger charge is -2.29. The zero-order valence-corrected chi connectivity index (χ0v) is 18.0. The molecule has 0 spiro atoms. The van der Waals surface area contributed by atoms with E-state index in [9.17, 15) is 13.5 Å². The number of aliphatic hydroxyl groups excluding tert-OH is 1. The molecule has 26 heavy (non-hydrogen) atoms. The zero-order valence-electron chi connectivity index (χ0n) is 17.1. The van der Waals surface area contributed by atoms with Crippen molar-refractivity contribution in [2.45, 2.75) is 78.6 Å². The topological polar surface area (TPSA) is 89.6 Å². The molecule has 0 aliphatic rings. The highest BCUT2D eigenvalue weighted by Gasteiger charge is 2.29. The van der Waals surface area contributed by atoms with Gasteiger partial charge in [0, 0.05) is 25.2 Å². The maximum absolute atomic E-state index is 11.4. The Morgan fingerprint density at radius 2 is 1.54 bits per heavy atom. The molecule has 0 aromatic rings. The average molecular weight is 392 g/mol. The SMILES string of the molecule is C=CC(CC)(CCCCOCCCCC(CC)(CC)CO)CS(N)(=O)=O. The van der Waals surface area contributed by atoms with Gasteiger partial charge in [0.25, 0.3) is 0 Å². The molecular weight excluding hydrogens is 350 g/mol. The maximum Gasteiger partial charge on any atom is 0.209 e. The van der Waals surface area contributed by atoms with Crippen molar-refractivity contribution in [3.8, 4) is 0 Å². The molecule has 0 aromatic carbocycles. The van der Waals surface area contributed by atoms with Gasteiger partial charge in [0.2, 0.25) is 10.0 Å². The molecule has 0 saturated carbocycles. The molecule has 0 fully saturated rings. The van der Waals surface area contributed by atoms with E-state index in [1.807, 2.05) is 6.92 Å². The second kappa shape index (κ2) is 12.9. The summed E-state index contributed by atoms with van der Waals surface area (Å²) >= 11 is 0. The highest BCUT2D eigenvalue weighted by molar-refractivity contribution is 7.89. The summed E-state index contributed by atoms with van der Waals surface area (Å²) in [7, 11) is -3.50. The minimum absolute atomic E-state index is 0.0394. The monoisotopic (exact) mass is 391 g/mol. The van der Waals surface area contributed by atoms with Gasteiger partial charge in [-0.2, -0.15) is 0 Å². The first-order chi connectivity index (χ1) is 12.2. The predicted molar refractivity (Wildman–Crippen MR) is 110 cm³/mol. The lowest BCUT2D eigenvalue weighted by molar-refractivity contribution is 0.0907. The van der Waals surface area contributed by atoms with Crippen molar-refractivity contribution in [3.63, 3.8) is 0 Å². The molecule has 6 heteroatoms. The van der Waals surface area contributed by atoms with Crippen LogP contribution in [0.3, 0.4) is 0 Å². The quantitative estimate of drug-likeness (QED) is 0.289. The minimum Gasteiger partial charge on any atom is -0.396 e. The van der Waals surface area contributed by atoms with Crippen LogP contribution in [0, 0.1) is 10.8 Å². The first-order valence-corrected chi connectivity index (χ1v) is 11.8. The highest BCUT2D eigenvalue weighted by Crippen LogP contribution is 2.32. The Labute approximate surface area is 161 Å². The Balaban J connectivity index is 3.95. The third-order valence-electron chi connectivity index (χ3n) is 5.92. The number of hydrogen-bond acceptors (Lipinski definition) is 4. The molecule has 156 valence electrons. The molecule has 1 atom stereocenters. The Hall–Kier alpha value is -0.430. The van der Waals surface area contributed by atoms with Crippen molar-refractivity contribution in [3.05, 3.63) is 12.7 Å². The number of hydrogen-bond donors (Lipinski definition) is 2. The summed E-state index contributed by atoms with van der Waals surface area (Å²) in [5, 5.41) is 14.8. The Bertz CT molecular complexity index is 466. The Morgan fingerprint density at radius 3 is 1.92 bits per heavy atom. The van der Waals surface area contributed by atoms with Crippen LogP contribution in [0.25, 0.3) is 0 Å². The number of nitrogens with two attached hydrogens (primary N) is 1. The molecule has 5 nitrogen and oxygen atoms in total. The van der Waals surface area contributed by atoms with Gasteiger partial charge in [-0.25, -0.2) is 13.6 Å². The van der Waals surface area contributed by atoms with Crippen molar-refractivity contribution < 1.29 is 18.3 Å². The van der Waals surface area contributed by atoms with Gasteiger partial charge in [-0.15, -0.1) is 6.58 Å². The normalized spacial score (nSPS) is 15.0. The lowest BCUT2D eigenvalue weighted by Crippen LogP contribution is -2.31. The number of rotatable bonds is 17. The van der Waals surface area contributed by atoms with E-state index < -0.39 is 15.4 Å². The second-order valence-corrected chi connectivity index (χ2v) is 9.23. The molecule has 0 aliphatic heterocycles. The van der Waals surface area contributed by atoms with Gasteiger partial charge in [-0.1, -0.05) is 39.7 Å². The van der Waals surface area contributed by atoms with E-state index >= 15 is 0 Å². The minimum atomic E-state index is -3.50. The lowest BCUT2D eigenvalue weighted by atomic mass is 9.79. The fourth-order valence-corrected chi connectivity index (χ4v) is 4.72. The van der Waals surface area contributed by atoms with E-state index in [2.05, 4.69) is 20.4 Å². The molecule has 0 amide bonds. The maximum atomic E-state index is 11.4. The van der Waals surface area contributed by atoms with Crippen molar-refractivity contribution in [1.82, 2.24) is 0 Å². The van der Waals surface area contributed by atoms with Crippen LogP contribution in [0.2, 0.25) is 0 Å². The average Bonchev–Trinajstić information content (AvgIpc) is 2.62. The van der Waals surface area contributed by atoms with E-state index in [4.69, 9.17) is 9.88 Å². The molecule has 0 bridgehead atoms. The molecule has 1 unspecified atom stereocenters. The van der Waals surface area contributed by atoms with E-state index in [1.54, 1.807) is 6.08 Å². The summed E-state index contributed by atoms with van der Waals surface area (Å²) in [6, 6.07) is 0. The molecule has 3 N–H and O–H groups in total. The van der Waals surface area contributed by atoms with Gasteiger partial charge in [0.15, 0.2) is 0 Å². The summed E-state index contributed by atoms with van der Waals surface area (Å²) in [6.45, 7) is 11.8. The molecule has 0 aliphatic carbocycles. The van der Waals surface area contributed by atoms with Crippen LogP contribution in [-0.2, 0) is 14.8 Å². The summed E-state index contributed by atoms with van der Waals surface area (Å²) in [5.41, 5.74) is -0.348. The molecule has 0 saturated heterocycles. The van der Waals surface area contributed by atoms with Crippen LogP contribution in [0.4, 0.5) is 0 Å². The van der Waals surface area contributed by atoms with E-state index in [-0.39, 0.29) is 17.8 Å². The number of primary sulfonamides is 1. The van der Waals surface area contributed by atoms with Gasteiger partial charge < -0.3 is 9.84 Å². The smallest absolute Gasteiger partial charge is 0.209 e. The Kier molecular flexibility index (Phi) is 12.7. The summed E-state index contributed by atoms with van der Waals surface area (Å²) in [4.78, 5) is 0. The molecule has 0 heterocycles. The van der Waals surface area contributed by atoms with Crippen LogP contribution in [0.1, 0.15) is 78.6 Å². The number of ether oxygens (including phenoxy) is 1. The number of unbranched alkanes of at least 4 members (excludes halogenated alkanes) is 2. The molecular formula is C20H41NO4S. The van der Waals surface area contributed by atoms with Crippen LogP contribution in [-0.4, -0.2) is 39.1 Å². The largest absolute Gasteiger partial charge is 0.396 e. The third-order valence-corrected chi connectivity index (χ3v) is 6.90. The summed E-state index contributed by atoms with van der Waals surface area (Å²) < 4.78 is 28.6. The fraction of sp³-hybridized carbons (Fsp3) is 0.900. The molecule has 0 rings (SSSR count). The number of allylic oxidation sites excluding steroid dienone is 1. The zero-order chi connectivity index (χ0) is 20.1. The third kappa shape index (κ3) is 10.0. The van der Waals surface area contributed by atoms with Gasteiger partial charge in [0.05, 0.1) is 5.75 Å². The number of aliphatic hydroxyl groups is 1. The van der Waals surface area contributed by atoms with Crippen molar-refractivity contribution in [1.29, 1.82) is 0 Å². The Morgan fingerprint density at radius 1 is 1.00 bits per heavy atom.